The van der Waals surface area contributed by atoms with Crippen LogP contribution < -0.4 is 0 Å². The summed E-state index contributed by atoms with van der Waals surface area (Å²) < 4.78 is 7.16. The molecular formula is C51H33N3O. The van der Waals surface area contributed by atoms with E-state index in [2.05, 4.69) is 146 Å². The summed E-state index contributed by atoms with van der Waals surface area (Å²) in [6.07, 6.45) is 0. The van der Waals surface area contributed by atoms with Gasteiger partial charge in [0.1, 0.15) is 11.2 Å². The first-order valence-electron chi connectivity index (χ1n) is 18.4. The second-order valence-corrected chi connectivity index (χ2v) is 13.5. The van der Waals surface area contributed by atoms with Crippen LogP contribution in [0.1, 0.15) is 0 Å². The van der Waals surface area contributed by atoms with E-state index in [-0.39, 0.29) is 0 Å². The van der Waals surface area contributed by atoms with Gasteiger partial charge in [-0.1, -0.05) is 182 Å². The third-order valence-corrected chi connectivity index (χ3v) is 10.2. The molecule has 0 fully saturated rings. The van der Waals surface area contributed by atoms with Gasteiger partial charge in [-0.25, -0.2) is 15.0 Å². The first-order chi connectivity index (χ1) is 27.3. The maximum absolute atomic E-state index is 7.16. The second-order valence-electron chi connectivity index (χ2n) is 13.5. The maximum atomic E-state index is 7.16. The molecule has 8 aromatic carbocycles. The average molecular weight is 704 g/mol. The van der Waals surface area contributed by atoms with Gasteiger partial charge in [0.2, 0.25) is 0 Å². The van der Waals surface area contributed by atoms with Gasteiger partial charge in [0.05, 0.1) is 5.56 Å². The molecule has 0 aliphatic heterocycles. The normalized spacial score (nSPS) is 11.3. The van der Waals surface area contributed by atoms with Gasteiger partial charge in [-0.05, 0) is 57.1 Å². The van der Waals surface area contributed by atoms with Crippen LogP contribution in [0.4, 0.5) is 0 Å². The number of fused-ring (bicyclic) bond motifs is 3. The summed E-state index contributed by atoms with van der Waals surface area (Å²) in [7, 11) is 0. The van der Waals surface area contributed by atoms with Gasteiger partial charge in [0.15, 0.2) is 17.5 Å². The highest BCUT2D eigenvalue weighted by molar-refractivity contribution is 6.19. The summed E-state index contributed by atoms with van der Waals surface area (Å²) in [5.41, 5.74) is 12.9. The van der Waals surface area contributed by atoms with Crippen LogP contribution >= 0.6 is 0 Å². The van der Waals surface area contributed by atoms with Gasteiger partial charge in [-0.3, -0.25) is 0 Å². The van der Waals surface area contributed by atoms with Crippen molar-refractivity contribution in [1.29, 1.82) is 0 Å². The number of benzene rings is 8. The van der Waals surface area contributed by atoms with Crippen molar-refractivity contribution in [2.75, 3.05) is 0 Å². The summed E-state index contributed by atoms with van der Waals surface area (Å²) in [4.78, 5) is 15.6. The Morgan fingerprint density at radius 3 is 1.31 bits per heavy atom. The van der Waals surface area contributed by atoms with E-state index in [1.54, 1.807) is 0 Å². The van der Waals surface area contributed by atoms with Crippen molar-refractivity contribution in [2.24, 2.45) is 0 Å². The zero-order chi connectivity index (χ0) is 36.6. The number of hydrogen-bond acceptors (Lipinski definition) is 4. The SMILES string of the molecule is c1ccc(-c2cc(-c3ccccc3)c3oc4c(-c5nc(-c6ccccc6)nc(-c6ccccc6-c6ccccc6)n5)ccc(-c5ccccc5)c4c3c2)cc1. The highest BCUT2D eigenvalue weighted by atomic mass is 16.3. The number of hydrogen-bond donors (Lipinski definition) is 0. The van der Waals surface area contributed by atoms with E-state index in [0.29, 0.717) is 17.5 Å². The second kappa shape index (κ2) is 13.8. The van der Waals surface area contributed by atoms with Gasteiger partial charge in [-0.15, -0.1) is 0 Å². The van der Waals surface area contributed by atoms with Crippen LogP contribution in [0, 0.1) is 0 Å². The zero-order valence-corrected chi connectivity index (χ0v) is 29.8. The van der Waals surface area contributed by atoms with E-state index < -0.39 is 0 Å². The molecule has 0 atom stereocenters. The molecular weight excluding hydrogens is 671 g/mol. The van der Waals surface area contributed by atoms with Crippen LogP contribution in [0.25, 0.3) is 101 Å². The molecule has 0 radical (unpaired) electrons. The highest BCUT2D eigenvalue weighted by Gasteiger charge is 2.24. The molecule has 10 aromatic rings. The minimum Gasteiger partial charge on any atom is -0.455 e. The van der Waals surface area contributed by atoms with Gasteiger partial charge < -0.3 is 4.42 Å². The summed E-state index contributed by atoms with van der Waals surface area (Å²) in [6.45, 7) is 0. The third kappa shape index (κ3) is 5.96. The lowest BCUT2D eigenvalue weighted by atomic mass is 9.92. The first kappa shape index (κ1) is 32.2. The molecule has 2 aromatic heterocycles. The van der Waals surface area contributed by atoms with Crippen LogP contribution in [-0.4, -0.2) is 15.0 Å². The molecule has 0 aliphatic carbocycles. The van der Waals surface area contributed by atoms with Crippen LogP contribution in [0.2, 0.25) is 0 Å². The predicted molar refractivity (Wildman–Crippen MR) is 225 cm³/mol. The van der Waals surface area contributed by atoms with E-state index in [1.165, 1.54) is 0 Å². The van der Waals surface area contributed by atoms with Crippen molar-refractivity contribution in [3.8, 4) is 78.7 Å². The van der Waals surface area contributed by atoms with Crippen molar-refractivity contribution in [2.45, 2.75) is 0 Å². The summed E-state index contributed by atoms with van der Waals surface area (Å²) in [6, 6.07) is 69.1. The van der Waals surface area contributed by atoms with Gasteiger partial charge >= 0.3 is 0 Å². The largest absolute Gasteiger partial charge is 0.455 e. The highest BCUT2D eigenvalue weighted by Crippen LogP contribution is 2.46. The quantitative estimate of drug-likeness (QED) is 0.166. The van der Waals surface area contributed by atoms with Gasteiger partial charge in [-0.2, -0.15) is 0 Å². The van der Waals surface area contributed by atoms with Crippen molar-refractivity contribution in [1.82, 2.24) is 15.0 Å². The molecule has 4 heteroatoms. The molecule has 4 nitrogen and oxygen atoms in total. The smallest absolute Gasteiger partial charge is 0.167 e. The van der Waals surface area contributed by atoms with Crippen molar-refractivity contribution >= 4 is 21.9 Å². The van der Waals surface area contributed by atoms with Crippen LogP contribution in [-0.2, 0) is 0 Å². The lowest BCUT2D eigenvalue weighted by Gasteiger charge is -2.13. The van der Waals surface area contributed by atoms with E-state index in [4.69, 9.17) is 19.4 Å². The number of rotatable bonds is 7. The molecule has 0 bridgehead atoms. The Morgan fingerprint density at radius 1 is 0.273 bits per heavy atom. The standard InChI is InChI=1S/C51H33N3O/c1-6-18-34(19-7-1)39-32-44(37-24-12-4-13-25-37)47-45(33-39)46-41(36-22-10-3-11-23-36)30-31-43(48(46)55-47)51-53-49(38-26-14-5-15-27-38)52-50(54-51)42-29-17-16-28-40(42)35-20-8-2-9-21-35/h1-33H. The lowest BCUT2D eigenvalue weighted by molar-refractivity contribution is 0.670. The molecule has 0 spiro atoms. The van der Waals surface area contributed by atoms with E-state index in [0.717, 1.165) is 83.1 Å². The Labute approximate surface area is 319 Å². The Hall–Kier alpha value is -7.43. The van der Waals surface area contributed by atoms with Gasteiger partial charge in [0, 0.05) is 27.5 Å². The van der Waals surface area contributed by atoms with Crippen molar-refractivity contribution in [3.63, 3.8) is 0 Å². The fourth-order valence-corrected chi connectivity index (χ4v) is 7.53. The maximum Gasteiger partial charge on any atom is 0.167 e. The van der Waals surface area contributed by atoms with E-state index in [9.17, 15) is 0 Å². The fourth-order valence-electron chi connectivity index (χ4n) is 7.53. The Balaban J connectivity index is 1.29. The third-order valence-electron chi connectivity index (χ3n) is 10.2. The minimum absolute atomic E-state index is 0.542. The lowest BCUT2D eigenvalue weighted by Crippen LogP contribution is -2.01. The van der Waals surface area contributed by atoms with Crippen LogP contribution in [0.15, 0.2) is 205 Å². The molecule has 0 unspecified atom stereocenters. The molecule has 258 valence electrons. The topological polar surface area (TPSA) is 51.8 Å². The average Bonchev–Trinajstić information content (AvgIpc) is 3.67. The molecule has 10 rings (SSSR count). The van der Waals surface area contributed by atoms with Gasteiger partial charge in [0.25, 0.3) is 0 Å². The molecule has 55 heavy (non-hydrogen) atoms. The number of nitrogens with zero attached hydrogens (tertiary/aromatic N) is 3. The van der Waals surface area contributed by atoms with Crippen molar-refractivity contribution < 1.29 is 4.42 Å². The molecule has 0 saturated carbocycles. The summed E-state index contributed by atoms with van der Waals surface area (Å²) in [5, 5.41) is 2.05. The Morgan fingerprint density at radius 2 is 0.709 bits per heavy atom. The fraction of sp³-hybridized carbons (Fsp3) is 0. The molecule has 2 heterocycles. The first-order valence-corrected chi connectivity index (χ1v) is 18.4. The van der Waals surface area contributed by atoms with E-state index >= 15 is 0 Å². The van der Waals surface area contributed by atoms with Crippen LogP contribution in [0.3, 0.4) is 0 Å². The summed E-state index contributed by atoms with van der Waals surface area (Å²) >= 11 is 0. The molecule has 0 amide bonds. The van der Waals surface area contributed by atoms with Crippen LogP contribution in [0.5, 0.6) is 0 Å². The predicted octanol–water partition coefficient (Wildman–Crippen LogP) is 13.4. The Bertz CT molecular complexity index is 2940. The number of furan rings is 1. The summed E-state index contributed by atoms with van der Waals surface area (Å²) in [5.74, 6) is 1.73. The Kier molecular flexibility index (Phi) is 8.12. The zero-order valence-electron chi connectivity index (χ0n) is 29.8. The van der Waals surface area contributed by atoms with E-state index in [1.807, 2.05) is 54.6 Å². The number of aromatic nitrogens is 3. The molecule has 0 saturated heterocycles. The molecule has 0 N–H and O–H groups in total. The molecule has 0 aliphatic rings. The monoisotopic (exact) mass is 703 g/mol. The minimum atomic E-state index is 0.542. The van der Waals surface area contributed by atoms with Crippen molar-refractivity contribution in [3.05, 3.63) is 200 Å².